The standard InChI is InChI=1S/C8H11NO2S2/c1-11-7-9-6(4-13-7)8(10)2-3-12-5-8/h4,10H,2-3,5H2,1H3. The second kappa shape index (κ2) is 3.48. The second-order valence-corrected chi connectivity index (χ2v) is 4.96. The highest BCUT2D eigenvalue weighted by molar-refractivity contribution is 7.99. The Morgan fingerprint density at radius 2 is 2.54 bits per heavy atom. The Balaban J connectivity index is 2.23. The number of methoxy groups -OCH3 is 1. The highest BCUT2D eigenvalue weighted by Gasteiger charge is 2.35. The second-order valence-electron chi connectivity index (χ2n) is 3.04. The number of rotatable bonds is 2. The monoisotopic (exact) mass is 217 g/mol. The molecule has 0 aliphatic carbocycles. The lowest BCUT2D eigenvalue weighted by Gasteiger charge is -2.17. The fourth-order valence-corrected chi connectivity index (χ4v) is 3.31. The van der Waals surface area contributed by atoms with Crippen molar-refractivity contribution in [2.24, 2.45) is 0 Å². The Kier molecular flexibility index (Phi) is 2.49. The molecule has 72 valence electrons. The number of thioether (sulfide) groups is 1. The van der Waals surface area contributed by atoms with Crippen LogP contribution in [0.1, 0.15) is 12.1 Å². The van der Waals surface area contributed by atoms with Crippen LogP contribution < -0.4 is 4.74 Å². The van der Waals surface area contributed by atoms with Crippen LogP contribution in [0, 0.1) is 0 Å². The summed E-state index contributed by atoms with van der Waals surface area (Å²) in [5.41, 5.74) is 0.0529. The van der Waals surface area contributed by atoms with Gasteiger partial charge >= 0.3 is 0 Å². The van der Waals surface area contributed by atoms with E-state index >= 15 is 0 Å². The molecule has 1 N–H and O–H groups in total. The smallest absolute Gasteiger partial charge is 0.273 e. The van der Waals surface area contributed by atoms with Gasteiger partial charge < -0.3 is 9.84 Å². The summed E-state index contributed by atoms with van der Waals surface area (Å²) in [6.45, 7) is 0. The summed E-state index contributed by atoms with van der Waals surface area (Å²) < 4.78 is 4.99. The minimum absolute atomic E-state index is 0.625. The van der Waals surface area contributed by atoms with Crippen LogP contribution in [0.4, 0.5) is 0 Å². The van der Waals surface area contributed by atoms with Gasteiger partial charge in [0.05, 0.1) is 12.8 Å². The van der Waals surface area contributed by atoms with Crippen molar-refractivity contribution in [3.63, 3.8) is 0 Å². The van der Waals surface area contributed by atoms with E-state index in [9.17, 15) is 5.11 Å². The summed E-state index contributed by atoms with van der Waals surface area (Å²) in [5.74, 6) is 1.76. The van der Waals surface area contributed by atoms with Crippen LogP contribution in [-0.2, 0) is 5.60 Å². The third-order valence-electron chi connectivity index (χ3n) is 2.14. The molecule has 2 heterocycles. The van der Waals surface area contributed by atoms with Crippen LogP contribution in [0.25, 0.3) is 0 Å². The number of thiazole rings is 1. The van der Waals surface area contributed by atoms with Gasteiger partial charge in [-0.15, -0.1) is 0 Å². The van der Waals surface area contributed by atoms with Gasteiger partial charge in [0.15, 0.2) is 0 Å². The molecule has 3 nitrogen and oxygen atoms in total. The minimum atomic E-state index is -0.710. The van der Waals surface area contributed by atoms with E-state index in [0.29, 0.717) is 5.19 Å². The van der Waals surface area contributed by atoms with Crippen molar-refractivity contribution < 1.29 is 9.84 Å². The molecule has 0 spiro atoms. The number of hydrogen-bond acceptors (Lipinski definition) is 5. The highest BCUT2D eigenvalue weighted by atomic mass is 32.2. The summed E-state index contributed by atoms with van der Waals surface area (Å²) in [4.78, 5) is 4.22. The highest BCUT2D eigenvalue weighted by Crippen LogP contribution is 2.37. The summed E-state index contributed by atoms with van der Waals surface area (Å²) >= 11 is 3.20. The van der Waals surface area contributed by atoms with Gasteiger partial charge in [-0.25, -0.2) is 4.98 Å². The van der Waals surface area contributed by atoms with Gasteiger partial charge in [0, 0.05) is 11.1 Å². The number of ether oxygens (including phenoxy) is 1. The van der Waals surface area contributed by atoms with Gasteiger partial charge in [-0.3, -0.25) is 0 Å². The number of aromatic nitrogens is 1. The quantitative estimate of drug-likeness (QED) is 0.814. The molecular weight excluding hydrogens is 206 g/mol. The zero-order valence-corrected chi connectivity index (χ0v) is 8.95. The maximum atomic E-state index is 10.1. The molecule has 1 saturated heterocycles. The first-order chi connectivity index (χ1) is 6.24. The van der Waals surface area contributed by atoms with E-state index in [0.717, 1.165) is 23.6 Å². The molecule has 13 heavy (non-hydrogen) atoms. The van der Waals surface area contributed by atoms with E-state index in [1.807, 2.05) is 5.38 Å². The SMILES string of the molecule is COc1nc(C2(O)CCSC2)cs1. The van der Waals surface area contributed by atoms with Gasteiger partial charge in [0.25, 0.3) is 5.19 Å². The predicted octanol–water partition coefficient (Wildman–Crippen LogP) is 1.48. The fourth-order valence-electron chi connectivity index (χ4n) is 1.32. The predicted molar refractivity (Wildman–Crippen MR) is 54.5 cm³/mol. The molecule has 1 aromatic rings. The third-order valence-corrected chi connectivity index (χ3v) is 4.11. The lowest BCUT2D eigenvalue weighted by Crippen LogP contribution is -2.25. The molecule has 5 heteroatoms. The van der Waals surface area contributed by atoms with E-state index in [1.54, 1.807) is 18.9 Å². The zero-order valence-electron chi connectivity index (χ0n) is 7.32. The van der Waals surface area contributed by atoms with Crippen LogP contribution in [0.3, 0.4) is 0 Å². The van der Waals surface area contributed by atoms with E-state index in [-0.39, 0.29) is 0 Å². The van der Waals surface area contributed by atoms with Crippen LogP contribution in [0.15, 0.2) is 5.38 Å². The minimum Gasteiger partial charge on any atom is -0.473 e. The first-order valence-electron chi connectivity index (χ1n) is 4.05. The van der Waals surface area contributed by atoms with E-state index in [4.69, 9.17) is 4.74 Å². The molecule has 1 fully saturated rings. The normalized spacial score (nSPS) is 27.8. The lowest BCUT2D eigenvalue weighted by molar-refractivity contribution is 0.0613. The molecule has 1 aliphatic rings. The number of hydrogen-bond donors (Lipinski definition) is 1. The number of aliphatic hydroxyl groups is 1. The van der Waals surface area contributed by atoms with Gasteiger partial charge in [-0.05, 0) is 12.2 Å². The molecule has 0 amide bonds. The molecule has 0 bridgehead atoms. The lowest BCUT2D eigenvalue weighted by atomic mass is 10.0. The van der Waals surface area contributed by atoms with Crippen molar-refractivity contribution in [3.05, 3.63) is 11.1 Å². The van der Waals surface area contributed by atoms with E-state index in [2.05, 4.69) is 4.98 Å². The van der Waals surface area contributed by atoms with E-state index < -0.39 is 5.60 Å². The molecule has 0 saturated carbocycles. The summed E-state index contributed by atoms with van der Waals surface area (Å²) in [7, 11) is 1.59. The molecule has 1 aromatic heterocycles. The van der Waals surface area contributed by atoms with Crippen molar-refractivity contribution in [1.29, 1.82) is 0 Å². The zero-order chi connectivity index (χ0) is 9.31. The largest absolute Gasteiger partial charge is 0.473 e. The number of nitrogens with zero attached hydrogens (tertiary/aromatic N) is 1. The Bertz CT molecular complexity index is 294. The molecule has 1 unspecified atom stereocenters. The summed E-state index contributed by atoms with van der Waals surface area (Å²) in [5, 5.41) is 12.6. The van der Waals surface area contributed by atoms with Crippen molar-refractivity contribution in [2.75, 3.05) is 18.6 Å². The van der Waals surface area contributed by atoms with E-state index in [1.165, 1.54) is 11.3 Å². The molecule has 0 radical (unpaired) electrons. The topological polar surface area (TPSA) is 42.4 Å². The maximum Gasteiger partial charge on any atom is 0.273 e. The van der Waals surface area contributed by atoms with Crippen LogP contribution in [-0.4, -0.2) is 28.7 Å². The Labute approximate surface area is 85.1 Å². The fraction of sp³-hybridized carbons (Fsp3) is 0.625. The Morgan fingerprint density at radius 1 is 1.69 bits per heavy atom. The average molecular weight is 217 g/mol. The van der Waals surface area contributed by atoms with Gasteiger partial charge in [0.2, 0.25) is 0 Å². The molecule has 0 aromatic carbocycles. The van der Waals surface area contributed by atoms with Gasteiger partial charge in [0.1, 0.15) is 5.60 Å². The Hall–Kier alpha value is -0.260. The molecular formula is C8H11NO2S2. The van der Waals surface area contributed by atoms with Crippen molar-refractivity contribution in [2.45, 2.75) is 12.0 Å². The average Bonchev–Trinajstić information content (AvgIpc) is 2.72. The van der Waals surface area contributed by atoms with Crippen LogP contribution >= 0.6 is 23.1 Å². The van der Waals surface area contributed by atoms with Crippen molar-refractivity contribution in [1.82, 2.24) is 4.98 Å². The van der Waals surface area contributed by atoms with Gasteiger partial charge in [-0.2, -0.15) is 11.8 Å². The Morgan fingerprint density at radius 3 is 3.08 bits per heavy atom. The van der Waals surface area contributed by atoms with Crippen LogP contribution in [0.5, 0.6) is 5.19 Å². The molecule has 2 rings (SSSR count). The molecule has 1 aliphatic heterocycles. The third kappa shape index (κ3) is 1.68. The van der Waals surface area contributed by atoms with Crippen molar-refractivity contribution >= 4 is 23.1 Å². The maximum absolute atomic E-state index is 10.1. The first kappa shape index (κ1) is 9.30. The first-order valence-corrected chi connectivity index (χ1v) is 6.08. The van der Waals surface area contributed by atoms with Gasteiger partial charge in [-0.1, -0.05) is 11.3 Å². The van der Waals surface area contributed by atoms with Crippen LogP contribution in [0.2, 0.25) is 0 Å². The van der Waals surface area contributed by atoms with Crippen molar-refractivity contribution in [3.8, 4) is 5.19 Å². The molecule has 1 atom stereocenters. The summed E-state index contributed by atoms with van der Waals surface area (Å²) in [6.07, 6.45) is 0.796. The summed E-state index contributed by atoms with van der Waals surface area (Å²) in [6, 6.07) is 0.